The summed E-state index contributed by atoms with van der Waals surface area (Å²) in [6.45, 7) is 4.87. The van der Waals surface area contributed by atoms with Crippen LogP contribution in [-0.2, 0) is 13.6 Å². The fourth-order valence-corrected chi connectivity index (χ4v) is 3.52. The summed E-state index contributed by atoms with van der Waals surface area (Å²) < 4.78 is 7.36. The topological polar surface area (TPSA) is 60.0 Å². The summed E-state index contributed by atoms with van der Waals surface area (Å²) in [7, 11) is 1.97. The number of rotatable bonds is 4. The number of nitrogens with zero attached hydrogens (tertiary/aromatic N) is 5. The molecule has 0 saturated carbocycles. The highest BCUT2D eigenvalue weighted by atomic mass is 16.5. The molecule has 0 unspecified atom stereocenters. The van der Waals surface area contributed by atoms with Gasteiger partial charge in [-0.05, 0) is 49.9 Å². The predicted molar refractivity (Wildman–Crippen MR) is 94.9 cm³/mol. The molecule has 6 heteroatoms. The summed E-state index contributed by atoms with van der Waals surface area (Å²) in [5, 5.41) is 8.44. The third kappa shape index (κ3) is 3.49. The number of aromatic nitrogens is 4. The average molecular weight is 337 g/mol. The van der Waals surface area contributed by atoms with Gasteiger partial charge in [-0.1, -0.05) is 29.4 Å². The summed E-state index contributed by atoms with van der Waals surface area (Å²) in [6.07, 6.45) is 6.41. The molecule has 1 aliphatic rings. The molecule has 3 aromatic rings. The number of likely N-dealkylation sites (tertiary alicyclic amines) is 1. The van der Waals surface area contributed by atoms with Crippen molar-refractivity contribution in [1.82, 2.24) is 24.8 Å². The Kier molecular flexibility index (Phi) is 4.36. The van der Waals surface area contributed by atoms with E-state index in [2.05, 4.69) is 39.3 Å². The molecule has 0 aliphatic carbocycles. The highest BCUT2D eigenvalue weighted by Crippen LogP contribution is 2.28. The zero-order valence-electron chi connectivity index (χ0n) is 14.7. The van der Waals surface area contributed by atoms with Gasteiger partial charge in [0.15, 0.2) is 0 Å². The first-order valence-corrected chi connectivity index (χ1v) is 8.78. The van der Waals surface area contributed by atoms with Crippen LogP contribution in [0, 0.1) is 6.92 Å². The summed E-state index contributed by atoms with van der Waals surface area (Å²) in [4.78, 5) is 6.97. The maximum atomic E-state index is 5.48. The molecule has 1 aliphatic heterocycles. The van der Waals surface area contributed by atoms with Gasteiger partial charge in [0.2, 0.25) is 11.7 Å². The first kappa shape index (κ1) is 16.0. The van der Waals surface area contributed by atoms with Gasteiger partial charge in [0.05, 0.1) is 12.7 Å². The molecular weight excluding hydrogens is 314 g/mol. The molecule has 4 rings (SSSR count). The van der Waals surface area contributed by atoms with Crippen molar-refractivity contribution in [2.75, 3.05) is 13.1 Å². The first-order chi connectivity index (χ1) is 12.2. The van der Waals surface area contributed by atoms with Gasteiger partial charge >= 0.3 is 0 Å². The Balaban J connectivity index is 1.37. The molecule has 2 aromatic heterocycles. The van der Waals surface area contributed by atoms with E-state index < -0.39 is 0 Å². The van der Waals surface area contributed by atoms with Crippen molar-refractivity contribution in [3.63, 3.8) is 0 Å². The third-order valence-electron chi connectivity index (χ3n) is 5.00. The Labute approximate surface area is 147 Å². The molecule has 0 radical (unpaired) electrons. The smallest absolute Gasteiger partial charge is 0.241 e. The normalized spacial score (nSPS) is 16.4. The van der Waals surface area contributed by atoms with Crippen molar-refractivity contribution in [3.05, 3.63) is 53.7 Å². The van der Waals surface area contributed by atoms with Crippen LogP contribution in [0.15, 0.2) is 41.2 Å². The van der Waals surface area contributed by atoms with Gasteiger partial charge in [0.25, 0.3) is 0 Å². The van der Waals surface area contributed by atoms with Crippen LogP contribution in [0.5, 0.6) is 0 Å². The molecule has 1 aromatic carbocycles. The molecule has 3 heterocycles. The highest BCUT2D eigenvalue weighted by Gasteiger charge is 2.23. The van der Waals surface area contributed by atoms with Crippen molar-refractivity contribution >= 4 is 0 Å². The minimum Gasteiger partial charge on any atom is -0.338 e. The van der Waals surface area contributed by atoms with Crippen molar-refractivity contribution < 1.29 is 4.52 Å². The van der Waals surface area contributed by atoms with Crippen LogP contribution in [0.25, 0.3) is 11.4 Å². The molecule has 0 N–H and O–H groups in total. The van der Waals surface area contributed by atoms with Crippen molar-refractivity contribution in [2.45, 2.75) is 32.2 Å². The van der Waals surface area contributed by atoms with Gasteiger partial charge in [-0.3, -0.25) is 9.58 Å². The summed E-state index contributed by atoms with van der Waals surface area (Å²) in [5.74, 6) is 1.98. The minimum absolute atomic E-state index is 0.607. The Morgan fingerprint density at radius 2 is 2.00 bits per heavy atom. The zero-order chi connectivity index (χ0) is 17.2. The number of hydrogen-bond acceptors (Lipinski definition) is 5. The lowest BCUT2D eigenvalue weighted by Crippen LogP contribution is -2.32. The molecule has 25 heavy (non-hydrogen) atoms. The van der Waals surface area contributed by atoms with E-state index in [4.69, 9.17) is 4.52 Å². The lowest BCUT2D eigenvalue weighted by Gasteiger charge is -2.30. The second-order valence-corrected chi connectivity index (χ2v) is 6.82. The lowest BCUT2D eigenvalue weighted by molar-refractivity contribution is 0.181. The molecule has 130 valence electrons. The Bertz CT molecular complexity index is 845. The van der Waals surface area contributed by atoms with E-state index in [0.717, 1.165) is 43.6 Å². The first-order valence-electron chi connectivity index (χ1n) is 8.78. The highest BCUT2D eigenvalue weighted by molar-refractivity contribution is 5.58. The van der Waals surface area contributed by atoms with Gasteiger partial charge in [-0.25, -0.2) is 0 Å². The second kappa shape index (κ2) is 6.80. The maximum Gasteiger partial charge on any atom is 0.241 e. The lowest BCUT2D eigenvalue weighted by atomic mass is 9.91. The van der Waals surface area contributed by atoms with Crippen molar-refractivity contribution in [2.24, 2.45) is 7.05 Å². The summed E-state index contributed by atoms with van der Waals surface area (Å²) in [6, 6.07) is 8.12. The largest absolute Gasteiger partial charge is 0.338 e. The fourth-order valence-electron chi connectivity index (χ4n) is 3.52. The average Bonchev–Trinajstić information content (AvgIpc) is 3.25. The number of aryl methyl sites for hydroxylation is 2. The summed E-state index contributed by atoms with van der Waals surface area (Å²) >= 11 is 0. The van der Waals surface area contributed by atoms with Gasteiger partial charge in [0.1, 0.15) is 0 Å². The van der Waals surface area contributed by atoms with Crippen LogP contribution in [0.2, 0.25) is 0 Å². The zero-order valence-corrected chi connectivity index (χ0v) is 14.7. The van der Waals surface area contributed by atoms with E-state index in [9.17, 15) is 0 Å². The molecular formula is C19H23N5O. The van der Waals surface area contributed by atoms with Crippen LogP contribution >= 0.6 is 0 Å². The van der Waals surface area contributed by atoms with Crippen molar-refractivity contribution in [3.8, 4) is 11.4 Å². The van der Waals surface area contributed by atoms with Gasteiger partial charge in [-0.15, -0.1) is 0 Å². The Morgan fingerprint density at radius 1 is 1.20 bits per heavy atom. The van der Waals surface area contributed by atoms with Gasteiger partial charge in [0, 0.05) is 18.8 Å². The van der Waals surface area contributed by atoms with Crippen LogP contribution in [-0.4, -0.2) is 37.9 Å². The van der Waals surface area contributed by atoms with E-state index >= 15 is 0 Å². The quantitative estimate of drug-likeness (QED) is 0.732. The van der Waals surface area contributed by atoms with Crippen LogP contribution in [0.4, 0.5) is 0 Å². The van der Waals surface area contributed by atoms with Gasteiger partial charge in [-0.2, -0.15) is 10.1 Å². The molecule has 0 spiro atoms. The third-order valence-corrected chi connectivity index (χ3v) is 5.00. The molecule has 0 atom stereocenters. The predicted octanol–water partition coefficient (Wildman–Crippen LogP) is 3.16. The standard InChI is InChI=1S/C19H23N5O/c1-14-5-3-4-6-17(14)19-21-18(25-22-19)13-24-9-7-15(8-10-24)16-11-20-23(2)12-16/h3-6,11-12,15H,7-10,13H2,1-2H3. The fraction of sp³-hybridized carbons (Fsp3) is 0.421. The molecule has 1 saturated heterocycles. The maximum absolute atomic E-state index is 5.48. The SMILES string of the molecule is Cc1ccccc1-c1noc(CN2CCC(c3cnn(C)c3)CC2)n1. The van der Waals surface area contributed by atoms with Gasteiger partial charge < -0.3 is 4.52 Å². The van der Waals surface area contributed by atoms with Crippen LogP contribution in [0.1, 0.15) is 35.8 Å². The Hall–Kier alpha value is -2.47. The number of hydrogen-bond donors (Lipinski definition) is 0. The molecule has 0 bridgehead atoms. The number of benzene rings is 1. The summed E-state index contributed by atoms with van der Waals surface area (Å²) in [5.41, 5.74) is 3.54. The Morgan fingerprint density at radius 3 is 2.72 bits per heavy atom. The second-order valence-electron chi connectivity index (χ2n) is 6.82. The minimum atomic E-state index is 0.607. The number of piperidine rings is 1. The van der Waals surface area contributed by atoms with E-state index in [1.165, 1.54) is 5.56 Å². The monoisotopic (exact) mass is 337 g/mol. The molecule has 0 amide bonds. The molecule has 6 nitrogen and oxygen atoms in total. The van der Waals surface area contributed by atoms with E-state index in [0.29, 0.717) is 17.6 Å². The van der Waals surface area contributed by atoms with Crippen LogP contribution < -0.4 is 0 Å². The van der Waals surface area contributed by atoms with Crippen molar-refractivity contribution in [1.29, 1.82) is 0 Å². The molecule has 1 fully saturated rings. The van der Waals surface area contributed by atoms with E-state index in [-0.39, 0.29) is 0 Å². The van der Waals surface area contributed by atoms with Crippen LogP contribution in [0.3, 0.4) is 0 Å². The van der Waals surface area contributed by atoms with E-state index in [1.807, 2.05) is 36.1 Å². The van der Waals surface area contributed by atoms with E-state index in [1.54, 1.807) is 0 Å².